The Morgan fingerprint density at radius 2 is 1.85 bits per heavy atom. The maximum Gasteiger partial charge on any atom is 0.182 e. The van der Waals surface area contributed by atoms with Crippen LogP contribution in [0.2, 0.25) is 0 Å². The first-order valence-electron chi connectivity index (χ1n) is 6.92. The molecule has 102 valence electrons. The Labute approximate surface area is 118 Å². The van der Waals surface area contributed by atoms with Gasteiger partial charge in [0.15, 0.2) is 12.0 Å². The van der Waals surface area contributed by atoms with Crippen LogP contribution in [0.3, 0.4) is 0 Å². The topological polar surface area (TPSA) is 38.9 Å². The molecular weight excluding hydrogens is 248 g/mol. The van der Waals surface area contributed by atoms with Crippen LogP contribution < -0.4 is 0 Å². The van der Waals surface area contributed by atoms with Gasteiger partial charge in [0, 0.05) is 17.8 Å². The lowest BCUT2D eigenvalue weighted by Gasteiger charge is -2.20. The molecule has 3 rings (SSSR count). The molecular formula is C17H18N2O. The van der Waals surface area contributed by atoms with Gasteiger partial charge in [-0.3, -0.25) is 4.98 Å². The maximum absolute atomic E-state index is 5.50. The Morgan fingerprint density at radius 1 is 1.00 bits per heavy atom. The van der Waals surface area contributed by atoms with Crippen molar-refractivity contribution < 1.29 is 4.42 Å². The van der Waals surface area contributed by atoms with Crippen molar-refractivity contribution in [2.45, 2.75) is 32.6 Å². The third-order valence-electron chi connectivity index (χ3n) is 4.11. The molecule has 0 bridgehead atoms. The van der Waals surface area contributed by atoms with Crippen molar-refractivity contribution in [2.75, 3.05) is 0 Å². The van der Waals surface area contributed by atoms with Gasteiger partial charge in [-0.05, 0) is 36.1 Å². The molecule has 0 aliphatic rings. The molecule has 2 atom stereocenters. The summed E-state index contributed by atoms with van der Waals surface area (Å²) >= 11 is 0. The minimum absolute atomic E-state index is 0.332. The van der Waals surface area contributed by atoms with Crippen LogP contribution in [-0.2, 0) is 0 Å². The summed E-state index contributed by atoms with van der Waals surface area (Å²) in [6.45, 7) is 6.47. The summed E-state index contributed by atoms with van der Waals surface area (Å²) in [6, 6.07) is 10.3. The average Bonchev–Trinajstić information content (AvgIpc) is 2.97. The monoisotopic (exact) mass is 266 g/mol. The van der Waals surface area contributed by atoms with Gasteiger partial charge in [-0.2, -0.15) is 0 Å². The fourth-order valence-corrected chi connectivity index (χ4v) is 2.64. The molecule has 0 amide bonds. The van der Waals surface area contributed by atoms with Gasteiger partial charge in [0.05, 0.1) is 0 Å². The van der Waals surface area contributed by atoms with Crippen molar-refractivity contribution in [3.63, 3.8) is 0 Å². The number of nitrogens with zero attached hydrogens (tertiary/aromatic N) is 2. The first kappa shape index (κ1) is 12.9. The minimum Gasteiger partial charge on any atom is -0.443 e. The molecule has 0 aliphatic carbocycles. The summed E-state index contributed by atoms with van der Waals surface area (Å²) < 4.78 is 5.50. The van der Waals surface area contributed by atoms with Crippen molar-refractivity contribution in [3.8, 4) is 0 Å². The van der Waals surface area contributed by atoms with Gasteiger partial charge in [0.2, 0.25) is 0 Å². The summed E-state index contributed by atoms with van der Waals surface area (Å²) in [5.41, 5.74) is 5.32. The van der Waals surface area contributed by atoms with Crippen LogP contribution in [0.15, 0.2) is 47.3 Å². The summed E-state index contributed by atoms with van der Waals surface area (Å²) in [7, 11) is 0. The summed E-state index contributed by atoms with van der Waals surface area (Å²) in [5, 5.41) is 0. The number of hydrogen-bond donors (Lipinski definition) is 0. The summed E-state index contributed by atoms with van der Waals surface area (Å²) in [4.78, 5) is 8.86. The SMILES string of the molecule is Cc1ccc(C(C)C(C)c2ccccn2)c2ncoc12. The number of pyridine rings is 1. The Kier molecular flexibility index (Phi) is 3.26. The molecule has 2 aromatic heterocycles. The molecule has 3 heteroatoms. The van der Waals surface area contributed by atoms with Gasteiger partial charge >= 0.3 is 0 Å². The Balaban J connectivity index is 2.03. The van der Waals surface area contributed by atoms with Gasteiger partial charge in [-0.15, -0.1) is 0 Å². The van der Waals surface area contributed by atoms with Crippen molar-refractivity contribution in [1.82, 2.24) is 9.97 Å². The Bertz CT molecular complexity index is 718. The molecule has 20 heavy (non-hydrogen) atoms. The quantitative estimate of drug-likeness (QED) is 0.703. The molecule has 0 spiro atoms. The van der Waals surface area contributed by atoms with E-state index < -0.39 is 0 Å². The first-order valence-corrected chi connectivity index (χ1v) is 6.92. The van der Waals surface area contributed by atoms with E-state index in [2.05, 4.69) is 42.0 Å². The zero-order valence-electron chi connectivity index (χ0n) is 12.0. The predicted molar refractivity (Wildman–Crippen MR) is 79.8 cm³/mol. The zero-order valence-corrected chi connectivity index (χ0v) is 12.0. The molecule has 0 radical (unpaired) electrons. The normalized spacial score (nSPS) is 14.3. The smallest absolute Gasteiger partial charge is 0.182 e. The van der Waals surface area contributed by atoms with Crippen molar-refractivity contribution in [3.05, 3.63) is 59.7 Å². The van der Waals surface area contributed by atoms with Gasteiger partial charge in [-0.25, -0.2) is 4.98 Å². The number of oxazole rings is 1. The van der Waals surface area contributed by atoms with Crippen LogP contribution in [0.5, 0.6) is 0 Å². The Morgan fingerprint density at radius 3 is 2.60 bits per heavy atom. The number of benzene rings is 1. The molecule has 0 fully saturated rings. The third kappa shape index (κ3) is 2.09. The van der Waals surface area contributed by atoms with Gasteiger partial charge in [0.1, 0.15) is 5.52 Å². The fraction of sp³-hybridized carbons (Fsp3) is 0.294. The van der Waals surface area contributed by atoms with Crippen LogP contribution in [0.4, 0.5) is 0 Å². The number of hydrogen-bond acceptors (Lipinski definition) is 3. The largest absolute Gasteiger partial charge is 0.443 e. The molecule has 0 saturated carbocycles. The van der Waals surface area contributed by atoms with E-state index in [4.69, 9.17) is 4.42 Å². The number of aryl methyl sites for hydroxylation is 1. The molecule has 0 N–H and O–H groups in total. The van der Waals surface area contributed by atoms with E-state index in [1.54, 1.807) is 0 Å². The lowest BCUT2D eigenvalue weighted by Crippen LogP contribution is -2.07. The number of fused-ring (bicyclic) bond motifs is 1. The van der Waals surface area contributed by atoms with Crippen LogP contribution >= 0.6 is 0 Å². The van der Waals surface area contributed by atoms with E-state index >= 15 is 0 Å². The van der Waals surface area contributed by atoms with Crippen LogP contribution in [-0.4, -0.2) is 9.97 Å². The van der Waals surface area contributed by atoms with E-state index in [0.717, 1.165) is 22.4 Å². The highest BCUT2D eigenvalue weighted by Gasteiger charge is 2.21. The minimum atomic E-state index is 0.332. The molecule has 0 saturated heterocycles. The highest BCUT2D eigenvalue weighted by atomic mass is 16.3. The molecule has 3 aromatic rings. The summed E-state index contributed by atoms with van der Waals surface area (Å²) in [6.07, 6.45) is 3.37. The van der Waals surface area contributed by atoms with Crippen LogP contribution in [0.1, 0.15) is 42.5 Å². The second-order valence-corrected chi connectivity index (χ2v) is 5.33. The van der Waals surface area contributed by atoms with Crippen LogP contribution in [0, 0.1) is 6.92 Å². The number of aromatic nitrogens is 2. The first-order chi connectivity index (χ1) is 9.68. The van der Waals surface area contributed by atoms with Gasteiger partial charge in [0.25, 0.3) is 0 Å². The third-order valence-corrected chi connectivity index (χ3v) is 4.11. The molecule has 2 heterocycles. The van der Waals surface area contributed by atoms with E-state index in [9.17, 15) is 0 Å². The standard InChI is InChI=1S/C17H18N2O/c1-11-7-8-14(16-17(11)20-10-19-16)12(2)13(3)15-6-4-5-9-18-15/h4-10,12-13H,1-3H3. The zero-order chi connectivity index (χ0) is 14.1. The lowest BCUT2D eigenvalue weighted by molar-refractivity contribution is 0.598. The lowest BCUT2D eigenvalue weighted by atomic mass is 9.85. The maximum atomic E-state index is 5.50. The second-order valence-electron chi connectivity index (χ2n) is 5.33. The van der Waals surface area contributed by atoms with E-state index in [1.165, 1.54) is 12.0 Å². The highest BCUT2D eigenvalue weighted by molar-refractivity contribution is 5.80. The highest BCUT2D eigenvalue weighted by Crippen LogP contribution is 2.35. The average molecular weight is 266 g/mol. The van der Waals surface area contributed by atoms with E-state index in [1.807, 2.05) is 25.3 Å². The van der Waals surface area contributed by atoms with Gasteiger partial charge < -0.3 is 4.42 Å². The molecule has 3 nitrogen and oxygen atoms in total. The summed E-state index contributed by atoms with van der Waals surface area (Å²) in [5.74, 6) is 0.664. The molecule has 1 aromatic carbocycles. The van der Waals surface area contributed by atoms with Crippen LogP contribution in [0.25, 0.3) is 11.1 Å². The Hall–Kier alpha value is -2.16. The second kappa shape index (κ2) is 5.08. The fourth-order valence-electron chi connectivity index (χ4n) is 2.64. The molecule has 2 unspecified atom stereocenters. The van der Waals surface area contributed by atoms with Crippen molar-refractivity contribution >= 4 is 11.1 Å². The van der Waals surface area contributed by atoms with Crippen molar-refractivity contribution in [1.29, 1.82) is 0 Å². The van der Waals surface area contributed by atoms with E-state index in [-0.39, 0.29) is 0 Å². The molecule has 0 aliphatic heterocycles. The van der Waals surface area contributed by atoms with Crippen molar-refractivity contribution in [2.24, 2.45) is 0 Å². The van der Waals surface area contributed by atoms with E-state index in [0.29, 0.717) is 11.8 Å². The number of rotatable bonds is 3. The predicted octanol–water partition coefficient (Wildman–Crippen LogP) is 4.44. The van der Waals surface area contributed by atoms with Gasteiger partial charge in [-0.1, -0.05) is 32.0 Å².